The first-order valence-corrected chi connectivity index (χ1v) is 9.25. The molecule has 0 fully saturated rings. The Balaban J connectivity index is 1.74. The van der Waals surface area contributed by atoms with Gasteiger partial charge >= 0.3 is 0 Å². The van der Waals surface area contributed by atoms with Crippen LogP contribution in [0.15, 0.2) is 48.5 Å². The number of nitrogens with zero attached hydrogens (tertiary/aromatic N) is 2. The molecule has 2 aromatic carbocycles. The third-order valence-electron chi connectivity index (χ3n) is 4.17. The standard InChI is InChI=1S/C20H21ClN4OS/c1-13-19(23-20(27)22-17-8-5-7-16(21)11-17)14(2)25(24-13)12-15-6-4-9-18(10-15)26-3/h4-11H,12H2,1-3H3,(H2,22,23,27). The number of benzene rings is 2. The van der Waals surface area contributed by atoms with Gasteiger partial charge in [-0.15, -0.1) is 0 Å². The molecule has 3 aromatic rings. The van der Waals surface area contributed by atoms with Crippen LogP contribution in [0.2, 0.25) is 5.02 Å². The lowest BCUT2D eigenvalue weighted by Gasteiger charge is -2.11. The van der Waals surface area contributed by atoms with Crippen LogP contribution >= 0.6 is 23.8 Å². The van der Waals surface area contributed by atoms with Crippen LogP contribution in [-0.2, 0) is 6.54 Å². The maximum Gasteiger partial charge on any atom is 0.175 e. The first-order valence-electron chi connectivity index (χ1n) is 8.47. The Morgan fingerprint density at radius 3 is 2.67 bits per heavy atom. The summed E-state index contributed by atoms with van der Waals surface area (Å²) in [4.78, 5) is 0. The van der Waals surface area contributed by atoms with Gasteiger partial charge in [-0.1, -0.05) is 29.8 Å². The molecule has 0 aliphatic carbocycles. The van der Waals surface area contributed by atoms with Gasteiger partial charge in [0.15, 0.2) is 5.11 Å². The molecule has 0 saturated carbocycles. The predicted molar refractivity (Wildman–Crippen MR) is 115 cm³/mol. The van der Waals surface area contributed by atoms with E-state index in [1.54, 1.807) is 7.11 Å². The fourth-order valence-corrected chi connectivity index (χ4v) is 3.23. The molecule has 2 N–H and O–H groups in total. The number of nitrogens with one attached hydrogen (secondary N) is 2. The molecule has 0 spiro atoms. The monoisotopic (exact) mass is 400 g/mol. The van der Waals surface area contributed by atoms with Crippen molar-refractivity contribution in [2.45, 2.75) is 20.4 Å². The zero-order chi connectivity index (χ0) is 19.4. The van der Waals surface area contributed by atoms with E-state index in [4.69, 9.17) is 28.6 Å². The summed E-state index contributed by atoms with van der Waals surface area (Å²) in [6, 6.07) is 15.4. The topological polar surface area (TPSA) is 51.1 Å². The first-order chi connectivity index (χ1) is 13.0. The molecule has 0 bridgehead atoms. The van der Waals surface area contributed by atoms with E-state index in [2.05, 4.69) is 21.8 Å². The minimum Gasteiger partial charge on any atom is -0.497 e. The molecule has 0 aliphatic heterocycles. The van der Waals surface area contributed by atoms with Gasteiger partial charge in [-0.3, -0.25) is 4.68 Å². The zero-order valence-corrected chi connectivity index (χ0v) is 17.0. The van der Waals surface area contributed by atoms with Crippen LogP contribution in [0.5, 0.6) is 5.75 Å². The molecule has 1 aromatic heterocycles. The summed E-state index contributed by atoms with van der Waals surface area (Å²) >= 11 is 11.4. The molecule has 0 atom stereocenters. The fraction of sp³-hybridized carbons (Fsp3) is 0.200. The van der Waals surface area contributed by atoms with Gasteiger partial charge in [0.25, 0.3) is 0 Å². The van der Waals surface area contributed by atoms with E-state index < -0.39 is 0 Å². The molecule has 1 heterocycles. The number of hydrogen-bond acceptors (Lipinski definition) is 3. The Labute approximate surface area is 169 Å². The summed E-state index contributed by atoms with van der Waals surface area (Å²) in [5.74, 6) is 0.833. The van der Waals surface area contributed by atoms with Crippen LogP contribution in [0.3, 0.4) is 0 Å². The zero-order valence-electron chi connectivity index (χ0n) is 15.4. The number of aryl methyl sites for hydroxylation is 1. The highest BCUT2D eigenvalue weighted by Crippen LogP contribution is 2.22. The van der Waals surface area contributed by atoms with E-state index in [0.29, 0.717) is 16.7 Å². The first kappa shape index (κ1) is 19.2. The van der Waals surface area contributed by atoms with Crippen LogP contribution in [0, 0.1) is 13.8 Å². The Morgan fingerprint density at radius 1 is 1.15 bits per heavy atom. The highest BCUT2D eigenvalue weighted by atomic mass is 35.5. The summed E-state index contributed by atoms with van der Waals surface area (Å²) < 4.78 is 7.25. The lowest BCUT2D eigenvalue weighted by molar-refractivity contribution is 0.414. The van der Waals surface area contributed by atoms with Crippen LogP contribution in [0.1, 0.15) is 17.0 Å². The van der Waals surface area contributed by atoms with E-state index in [9.17, 15) is 0 Å². The van der Waals surface area contributed by atoms with Gasteiger partial charge in [0.05, 0.1) is 30.7 Å². The summed E-state index contributed by atoms with van der Waals surface area (Å²) in [5.41, 5.74) is 4.74. The summed E-state index contributed by atoms with van der Waals surface area (Å²) in [6.07, 6.45) is 0. The largest absolute Gasteiger partial charge is 0.497 e. The SMILES string of the molecule is COc1cccc(Cn2nc(C)c(NC(=S)Nc3cccc(Cl)c3)c2C)c1. The Bertz CT molecular complexity index is 970. The van der Waals surface area contributed by atoms with Crippen LogP contribution in [0.4, 0.5) is 11.4 Å². The van der Waals surface area contributed by atoms with Gasteiger partial charge in [0.1, 0.15) is 5.75 Å². The number of aromatic nitrogens is 2. The number of rotatable bonds is 5. The minimum absolute atomic E-state index is 0.490. The van der Waals surface area contributed by atoms with Crippen molar-refractivity contribution < 1.29 is 4.74 Å². The normalized spacial score (nSPS) is 10.5. The Morgan fingerprint density at radius 2 is 1.93 bits per heavy atom. The van der Waals surface area contributed by atoms with Crippen molar-refractivity contribution in [1.29, 1.82) is 0 Å². The molecule has 3 rings (SSSR count). The molecule has 7 heteroatoms. The molecule has 0 radical (unpaired) electrons. The predicted octanol–water partition coefficient (Wildman–Crippen LogP) is 5.02. The van der Waals surface area contributed by atoms with E-state index in [1.807, 2.05) is 61.0 Å². The smallest absolute Gasteiger partial charge is 0.175 e. The second-order valence-corrected chi connectivity index (χ2v) is 6.99. The molecular formula is C20H21ClN4OS. The third-order valence-corrected chi connectivity index (χ3v) is 4.61. The van der Waals surface area contributed by atoms with Crippen LogP contribution in [0.25, 0.3) is 0 Å². The average Bonchev–Trinajstić information content (AvgIpc) is 2.89. The minimum atomic E-state index is 0.490. The van der Waals surface area contributed by atoms with Crippen molar-refractivity contribution in [2.75, 3.05) is 17.7 Å². The summed E-state index contributed by atoms with van der Waals surface area (Å²) in [5, 5.41) is 12.2. The summed E-state index contributed by atoms with van der Waals surface area (Å²) in [7, 11) is 1.66. The van der Waals surface area contributed by atoms with E-state index in [1.165, 1.54) is 0 Å². The molecule has 0 saturated heterocycles. The number of thiocarbonyl (C=S) groups is 1. The number of methoxy groups -OCH3 is 1. The highest BCUT2D eigenvalue weighted by molar-refractivity contribution is 7.80. The van der Waals surface area contributed by atoms with Crippen molar-refractivity contribution in [1.82, 2.24) is 9.78 Å². The second-order valence-electron chi connectivity index (χ2n) is 6.14. The molecule has 0 unspecified atom stereocenters. The average molecular weight is 401 g/mol. The van der Waals surface area contributed by atoms with Gasteiger partial charge in [-0.25, -0.2) is 0 Å². The van der Waals surface area contributed by atoms with Gasteiger partial charge in [-0.2, -0.15) is 5.10 Å². The van der Waals surface area contributed by atoms with Crippen LogP contribution in [-0.4, -0.2) is 22.0 Å². The Kier molecular flexibility index (Phi) is 5.98. The second kappa shape index (κ2) is 8.41. The maximum absolute atomic E-state index is 6.01. The van der Waals surface area contributed by atoms with Gasteiger partial charge < -0.3 is 15.4 Å². The molecule has 140 valence electrons. The van der Waals surface area contributed by atoms with Crippen molar-refractivity contribution in [3.8, 4) is 5.75 Å². The van der Waals surface area contributed by atoms with Gasteiger partial charge in [0, 0.05) is 10.7 Å². The number of anilines is 2. The van der Waals surface area contributed by atoms with E-state index in [0.717, 1.165) is 34.1 Å². The third kappa shape index (κ3) is 4.78. The highest BCUT2D eigenvalue weighted by Gasteiger charge is 2.13. The lowest BCUT2D eigenvalue weighted by atomic mass is 10.2. The quantitative estimate of drug-likeness (QED) is 0.589. The molecule has 0 amide bonds. The Hall–Kier alpha value is -2.57. The van der Waals surface area contributed by atoms with E-state index in [-0.39, 0.29) is 0 Å². The van der Waals surface area contributed by atoms with Crippen molar-refractivity contribution in [3.63, 3.8) is 0 Å². The maximum atomic E-state index is 6.01. The number of halogens is 1. The number of hydrogen-bond donors (Lipinski definition) is 2. The fourth-order valence-electron chi connectivity index (χ4n) is 2.82. The molecular weight excluding hydrogens is 380 g/mol. The van der Waals surface area contributed by atoms with Gasteiger partial charge in [-0.05, 0) is 62.0 Å². The molecule has 0 aliphatic rings. The van der Waals surface area contributed by atoms with Gasteiger partial charge in [0.2, 0.25) is 0 Å². The lowest BCUT2D eigenvalue weighted by Crippen LogP contribution is -2.20. The molecule has 27 heavy (non-hydrogen) atoms. The van der Waals surface area contributed by atoms with Crippen molar-refractivity contribution in [2.24, 2.45) is 0 Å². The van der Waals surface area contributed by atoms with Crippen molar-refractivity contribution in [3.05, 3.63) is 70.5 Å². The number of ether oxygens (including phenoxy) is 1. The van der Waals surface area contributed by atoms with E-state index >= 15 is 0 Å². The summed E-state index contributed by atoms with van der Waals surface area (Å²) in [6.45, 7) is 4.63. The van der Waals surface area contributed by atoms with Crippen molar-refractivity contribution >= 4 is 40.3 Å². The molecule has 5 nitrogen and oxygen atoms in total. The van der Waals surface area contributed by atoms with Crippen LogP contribution < -0.4 is 15.4 Å².